The number of nitrogens with zero attached hydrogens (tertiary/aromatic N) is 2. The monoisotopic (exact) mass is 320 g/mol. The fraction of sp³-hybridized carbons (Fsp3) is 0.0769. The van der Waals surface area contributed by atoms with Crippen LogP contribution in [0.25, 0.3) is 10.2 Å². The first-order chi connectivity index (χ1) is 10.0. The summed E-state index contributed by atoms with van der Waals surface area (Å²) < 4.78 is 22.7. The van der Waals surface area contributed by atoms with Crippen molar-refractivity contribution >= 4 is 37.4 Å². The maximum atomic E-state index is 11.3. The van der Waals surface area contributed by atoms with Crippen molar-refractivity contribution in [2.45, 2.75) is 11.4 Å². The average Bonchev–Trinajstić information content (AvgIpc) is 2.93. The van der Waals surface area contributed by atoms with Crippen LogP contribution in [-0.4, -0.2) is 18.4 Å². The summed E-state index contributed by atoms with van der Waals surface area (Å²) >= 11 is 1.54. The molecule has 2 heterocycles. The number of nitrogens with two attached hydrogens (primary N) is 1. The molecule has 0 bridgehead atoms. The Bertz CT molecular complexity index is 890. The van der Waals surface area contributed by atoms with E-state index < -0.39 is 10.0 Å². The molecule has 3 rings (SSSR count). The standard InChI is InChI=1S/C13H12N4O2S2/c14-21(18,19)10-3-1-2-9(6-10)7-15-12-11-4-5-20-13(11)17-8-16-12/h1-6,8H,7H2,(H2,14,18,19)(H,15,16,17). The second-order valence-electron chi connectivity index (χ2n) is 4.41. The van der Waals surface area contributed by atoms with E-state index in [2.05, 4.69) is 15.3 Å². The highest BCUT2D eigenvalue weighted by Crippen LogP contribution is 2.24. The Hall–Kier alpha value is -2.03. The Morgan fingerprint density at radius 2 is 2.10 bits per heavy atom. The lowest BCUT2D eigenvalue weighted by molar-refractivity contribution is 0.597. The second-order valence-corrected chi connectivity index (χ2v) is 6.86. The van der Waals surface area contributed by atoms with Crippen LogP contribution in [0.4, 0.5) is 5.82 Å². The number of thiophene rings is 1. The molecule has 2 aromatic heterocycles. The molecule has 0 spiro atoms. The van der Waals surface area contributed by atoms with Gasteiger partial charge in [0.15, 0.2) is 0 Å². The molecule has 0 atom stereocenters. The van der Waals surface area contributed by atoms with E-state index in [1.54, 1.807) is 23.5 Å². The highest BCUT2D eigenvalue weighted by Gasteiger charge is 2.08. The van der Waals surface area contributed by atoms with Crippen LogP contribution in [0.5, 0.6) is 0 Å². The van der Waals surface area contributed by atoms with Crippen LogP contribution in [-0.2, 0) is 16.6 Å². The van der Waals surface area contributed by atoms with Gasteiger partial charge in [-0.15, -0.1) is 11.3 Å². The van der Waals surface area contributed by atoms with E-state index in [-0.39, 0.29) is 4.90 Å². The number of hydrogen-bond donors (Lipinski definition) is 2. The summed E-state index contributed by atoms with van der Waals surface area (Å²) in [6.07, 6.45) is 1.50. The Kier molecular flexibility index (Phi) is 3.58. The highest BCUT2D eigenvalue weighted by molar-refractivity contribution is 7.89. The van der Waals surface area contributed by atoms with E-state index in [1.165, 1.54) is 12.4 Å². The molecule has 0 amide bonds. The maximum Gasteiger partial charge on any atom is 0.238 e. The number of primary sulfonamides is 1. The van der Waals surface area contributed by atoms with Crippen molar-refractivity contribution < 1.29 is 8.42 Å². The largest absolute Gasteiger partial charge is 0.365 e. The third-order valence-corrected chi connectivity index (χ3v) is 4.68. The van der Waals surface area contributed by atoms with Gasteiger partial charge in [-0.25, -0.2) is 23.5 Å². The molecule has 0 aliphatic heterocycles. The molecule has 3 N–H and O–H groups in total. The lowest BCUT2D eigenvalue weighted by Gasteiger charge is -2.07. The molecule has 0 aliphatic rings. The minimum atomic E-state index is -3.69. The van der Waals surface area contributed by atoms with E-state index in [4.69, 9.17) is 5.14 Å². The summed E-state index contributed by atoms with van der Waals surface area (Å²) in [6, 6.07) is 8.46. The minimum Gasteiger partial charge on any atom is -0.365 e. The molecule has 0 unspecified atom stereocenters. The number of nitrogens with one attached hydrogen (secondary N) is 1. The van der Waals surface area contributed by atoms with Crippen molar-refractivity contribution in [3.63, 3.8) is 0 Å². The molecular formula is C13H12N4O2S2. The molecule has 1 aromatic carbocycles. The van der Waals surface area contributed by atoms with Crippen molar-refractivity contribution in [3.05, 3.63) is 47.6 Å². The normalized spacial score (nSPS) is 11.7. The number of sulfonamides is 1. The number of aromatic nitrogens is 2. The number of anilines is 1. The topological polar surface area (TPSA) is 98.0 Å². The van der Waals surface area contributed by atoms with Crippen molar-refractivity contribution in [2.75, 3.05) is 5.32 Å². The van der Waals surface area contributed by atoms with E-state index in [1.807, 2.05) is 17.5 Å². The van der Waals surface area contributed by atoms with Crippen LogP contribution in [0, 0.1) is 0 Å². The van der Waals surface area contributed by atoms with Gasteiger partial charge in [0.2, 0.25) is 10.0 Å². The van der Waals surface area contributed by atoms with Gasteiger partial charge in [-0.3, -0.25) is 0 Å². The number of rotatable bonds is 4. The summed E-state index contributed by atoms with van der Waals surface area (Å²) in [7, 11) is -3.69. The number of fused-ring (bicyclic) bond motifs is 1. The Labute approximate surface area is 125 Å². The Morgan fingerprint density at radius 3 is 2.90 bits per heavy atom. The van der Waals surface area contributed by atoms with Crippen molar-refractivity contribution in [2.24, 2.45) is 5.14 Å². The van der Waals surface area contributed by atoms with Gasteiger partial charge < -0.3 is 5.32 Å². The van der Waals surface area contributed by atoms with Crippen molar-refractivity contribution in [1.29, 1.82) is 0 Å². The molecule has 0 saturated heterocycles. The van der Waals surface area contributed by atoms with E-state index in [0.29, 0.717) is 6.54 Å². The quantitative estimate of drug-likeness (QED) is 0.765. The first-order valence-corrected chi connectivity index (χ1v) is 8.50. The summed E-state index contributed by atoms with van der Waals surface area (Å²) in [5.74, 6) is 0.724. The lowest BCUT2D eigenvalue weighted by atomic mass is 10.2. The Balaban J connectivity index is 1.84. The number of benzene rings is 1. The zero-order valence-electron chi connectivity index (χ0n) is 10.9. The van der Waals surface area contributed by atoms with Crippen molar-refractivity contribution in [1.82, 2.24) is 9.97 Å². The van der Waals surface area contributed by atoms with Gasteiger partial charge in [0.1, 0.15) is 17.0 Å². The van der Waals surface area contributed by atoms with Gasteiger partial charge in [0.25, 0.3) is 0 Å². The van der Waals surface area contributed by atoms with E-state index in [9.17, 15) is 8.42 Å². The molecule has 8 heteroatoms. The third kappa shape index (κ3) is 3.02. The smallest absolute Gasteiger partial charge is 0.238 e. The van der Waals surface area contributed by atoms with Gasteiger partial charge in [0.05, 0.1) is 10.3 Å². The summed E-state index contributed by atoms with van der Waals surface area (Å²) in [6.45, 7) is 0.450. The van der Waals surface area contributed by atoms with Crippen LogP contribution in [0.3, 0.4) is 0 Å². The van der Waals surface area contributed by atoms with Crippen LogP contribution >= 0.6 is 11.3 Å². The maximum absolute atomic E-state index is 11.3. The van der Waals surface area contributed by atoms with Crippen LogP contribution < -0.4 is 10.5 Å². The predicted octanol–water partition coefficient (Wildman–Crippen LogP) is 1.95. The van der Waals surface area contributed by atoms with Gasteiger partial charge >= 0.3 is 0 Å². The SMILES string of the molecule is NS(=O)(=O)c1cccc(CNc2ncnc3sccc23)c1. The Morgan fingerprint density at radius 1 is 1.24 bits per heavy atom. The lowest BCUT2D eigenvalue weighted by Crippen LogP contribution is -2.12. The fourth-order valence-corrected chi connectivity index (χ4v) is 3.27. The minimum absolute atomic E-state index is 0.102. The van der Waals surface area contributed by atoms with Gasteiger partial charge in [-0.05, 0) is 29.1 Å². The van der Waals surface area contributed by atoms with Gasteiger partial charge in [-0.2, -0.15) is 0 Å². The fourth-order valence-electron chi connectivity index (χ4n) is 1.95. The third-order valence-electron chi connectivity index (χ3n) is 2.95. The molecule has 6 nitrogen and oxygen atoms in total. The van der Waals surface area contributed by atoms with E-state index >= 15 is 0 Å². The second kappa shape index (κ2) is 5.40. The molecule has 21 heavy (non-hydrogen) atoms. The van der Waals surface area contributed by atoms with Crippen LogP contribution in [0.2, 0.25) is 0 Å². The van der Waals surface area contributed by atoms with Gasteiger partial charge in [0, 0.05) is 6.54 Å². The number of hydrogen-bond acceptors (Lipinski definition) is 6. The summed E-state index contributed by atoms with van der Waals surface area (Å²) in [5.41, 5.74) is 0.809. The first-order valence-electron chi connectivity index (χ1n) is 6.08. The highest BCUT2D eigenvalue weighted by atomic mass is 32.2. The predicted molar refractivity (Wildman–Crippen MR) is 82.6 cm³/mol. The zero-order valence-corrected chi connectivity index (χ0v) is 12.5. The summed E-state index contributed by atoms with van der Waals surface area (Å²) in [5, 5.41) is 11.2. The molecule has 3 aromatic rings. The van der Waals surface area contributed by atoms with Crippen LogP contribution in [0.1, 0.15) is 5.56 Å². The average molecular weight is 320 g/mol. The molecule has 0 fully saturated rings. The molecular weight excluding hydrogens is 308 g/mol. The molecule has 0 aliphatic carbocycles. The van der Waals surface area contributed by atoms with E-state index in [0.717, 1.165) is 21.6 Å². The van der Waals surface area contributed by atoms with Gasteiger partial charge in [-0.1, -0.05) is 12.1 Å². The van der Waals surface area contributed by atoms with Crippen LogP contribution in [0.15, 0.2) is 46.9 Å². The molecule has 108 valence electrons. The zero-order chi connectivity index (χ0) is 14.9. The summed E-state index contributed by atoms with van der Waals surface area (Å²) in [4.78, 5) is 9.39. The molecule has 0 radical (unpaired) electrons. The molecule has 0 saturated carbocycles. The van der Waals surface area contributed by atoms with Crippen molar-refractivity contribution in [3.8, 4) is 0 Å². The first kappa shape index (κ1) is 13.9.